The van der Waals surface area contributed by atoms with E-state index in [0.29, 0.717) is 13.1 Å². The second-order valence-electron chi connectivity index (χ2n) is 9.20. The Balaban J connectivity index is 0.000000789. The number of rotatable bonds is 0. The summed E-state index contributed by atoms with van der Waals surface area (Å²) in [5, 5.41) is 6.55. The number of carbonyl (C=O) groups excluding carboxylic acids is 2. The van der Waals surface area contributed by atoms with Crippen LogP contribution in [0.2, 0.25) is 0 Å². The average molecular weight is 651 g/mol. The zero-order valence-corrected chi connectivity index (χ0v) is 25.9. The zero-order chi connectivity index (χ0) is 30.3. The van der Waals surface area contributed by atoms with Gasteiger partial charge in [-0.2, -0.15) is 0 Å². The van der Waals surface area contributed by atoms with Crippen molar-refractivity contribution in [3.05, 3.63) is 70.1 Å². The van der Waals surface area contributed by atoms with Crippen molar-refractivity contribution in [2.24, 2.45) is 0 Å². The summed E-state index contributed by atoms with van der Waals surface area (Å²) in [6.45, 7) is 10.5. The van der Waals surface area contributed by atoms with Crippen LogP contribution in [0.5, 0.6) is 0 Å². The number of nitrogens with zero attached hydrogens (tertiary/aromatic N) is 2. The van der Waals surface area contributed by atoms with Crippen LogP contribution in [0, 0.1) is 0 Å². The third-order valence-corrected chi connectivity index (χ3v) is 6.09. The predicted octanol–water partition coefficient (Wildman–Crippen LogP) is 0.285. The summed E-state index contributed by atoms with van der Waals surface area (Å²) in [4.78, 5) is 30.6. The van der Waals surface area contributed by atoms with Crippen molar-refractivity contribution in [2.75, 3.05) is 52.4 Å². The Morgan fingerprint density at radius 2 is 1.02 bits per heavy atom. The number of nitrogens with one attached hydrogen (secondary N) is 2. The molecule has 0 radical (unpaired) electrons. The van der Waals surface area contributed by atoms with E-state index in [1.807, 2.05) is 50.6 Å². The molecule has 12 nitrogen and oxygen atoms in total. The van der Waals surface area contributed by atoms with E-state index in [-0.39, 0.29) is 11.6 Å². The summed E-state index contributed by atoms with van der Waals surface area (Å²) in [6, 6.07) is 0. The number of Topliss-reactive ketones (excluding diaryl/α,β-unsaturated/α-hetero) is 2. The Labute approximate surface area is 253 Å². The van der Waals surface area contributed by atoms with Gasteiger partial charge in [-0.15, -0.1) is 0 Å². The molecular weight excluding hydrogens is 618 g/mol. The third kappa shape index (κ3) is 13.1. The summed E-state index contributed by atoms with van der Waals surface area (Å²) in [7, 11) is -5.17. The molecule has 0 aromatic carbocycles. The van der Waals surface area contributed by atoms with Crippen LogP contribution in [-0.2, 0) is 62.1 Å². The molecule has 1 saturated heterocycles. The quantitative estimate of drug-likeness (QED) is 0.271. The standard InChI is InChI=1S/C25H32N4O2.H2O4S.2O.2V/c1-18-10-20-14-26-4-3-5-27-15-21-11-19(2)13-23(25(21)31)17-29-8-6-28(7-9-29)16-22(12-18)24(20)30;1-5(2,3)4;;;;/h10-15,26-27H,3-9,16-17H2,1-2H3;(H2,1,2,3,4);;;;/p-2/b20-14-,21-15-;;;;;. The molecule has 0 unspecified atom stereocenters. The summed E-state index contributed by atoms with van der Waals surface area (Å²) in [5.41, 5.74) is 5.41. The number of carbonyl (C=O) groups is 2. The molecule has 2 N–H and O–H groups in total. The molecule has 0 aromatic rings. The van der Waals surface area contributed by atoms with Gasteiger partial charge in [-0.25, -0.2) is 0 Å². The SMILES string of the molecule is CC1=C/C2=C/NCCCN/C=C3/C=C(C)C=C(CN4CCN(CC4)CC(=C1)C2=O)C3=O.O=S(=O)([O-])[O-].[O]=[V].[O]=[V]. The fourth-order valence-electron chi connectivity index (χ4n) is 4.45. The molecule has 218 valence electrons. The number of piperazine rings is 1. The third-order valence-electron chi connectivity index (χ3n) is 6.09. The molecule has 0 amide bonds. The van der Waals surface area contributed by atoms with Gasteiger partial charge in [-0.05, 0) is 43.6 Å². The van der Waals surface area contributed by atoms with E-state index in [1.54, 1.807) is 0 Å². The first-order valence-electron chi connectivity index (χ1n) is 12.2. The summed E-state index contributed by atoms with van der Waals surface area (Å²) in [5.74, 6) is 0.236. The van der Waals surface area contributed by atoms with Gasteiger partial charge in [0.1, 0.15) is 0 Å². The van der Waals surface area contributed by atoms with Crippen molar-refractivity contribution in [1.29, 1.82) is 0 Å². The van der Waals surface area contributed by atoms with Gasteiger partial charge in [0.25, 0.3) is 0 Å². The van der Waals surface area contributed by atoms with E-state index in [9.17, 15) is 9.59 Å². The number of allylic oxidation sites excluding steroid dienone is 8. The van der Waals surface area contributed by atoms with Gasteiger partial charge in [0.05, 0.1) is 0 Å². The van der Waals surface area contributed by atoms with Gasteiger partial charge < -0.3 is 19.7 Å². The molecule has 3 heterocycles. The van der Waals surface area contributed by atoms with Crippen LogP contribution in [0.15, 0.2) is 70.1 Å². The van der Waals surface area contributed by atoms with Crippen molar-refractivity contribution < 1.29 is 69.2 Å². The number of ketones is 2. The fourth-order valence-corrected chi connectivity index (χ4v) is 4.45. The fraction of sp³-hybridized carbons (Fsp3) is 0.440. The molecule has 6 bridgehead atoms. The Kier molecular flexibility index (Phi) is 16.5. The van der Waals surface area contributed by atoms with Gasteiger partial charge in [0, 0.05) is 97.4 Å². The van der Waals surface area contributed by atoms with E-state index in [4.69, 9.17) is 24.9 Å². The summed E-state index contributed by atoms with van der Waals surface area (Å²) in [6.07, 6.45) is 12.5. The molecule has 0 saturated carbocycles. The van der Waals surface area contributed by atoms with Crippen molar-refractivity contribution in [1.82, 2.24) is 20.4 Å². The molecule has 1 fully saturated rings. The second-order valence-corrected chi connectivity index (χ2v) is 10.0. The average Bonchev–Trinajstić information content (AvgIpc) is 2.90. The molecule has 3 aliphatic heterocycles. The topological polar surface area (TPSA) is 179 Å². The molecule has 5 aliphatic rings. The molecule has 0 atom stereocenters. The van der Waals surface area contributed by atoms with Crippen LogP contribution in [0.4, 0.5) is 0 Å². The Morgan fingerprint density at radius 1 is 0.700 bits per heavy atom. The van der Waals surface area contributed by atoms with Crippen LogP contribution in [0.1, 0.15) is 20.3 Å². The maximum atomic E-state index is 12.9. The van der Waals surface area contributed by atoms with Crippen LogP contribution < -0.4 is 10.6 Å². The number of hydrogen-bond acceptors (Lipinski definition) is 12. The van der Waals surface area contributed by atoms with Gasteiger partial charge in [0.2, 0.25) is 0 Å². The molecule has 5 rings (SSSR count). The minimum absolute atomic E-state index is 0.118. The Bertz CT molecular complexity index is 1130. The summed E-state index contributed by atoms with van der Waals surface area (Å²) >= 11 is 2.12. The van der Waals surface area contributed by atoms with Crippen molar-refractivity contribution in [3.63, 3.8) is 0 Å². The normalized spacial score (nSPS) is 25.6. The van der Waals surface area contributed by atoms with Gasteiger partial charge in [0.15, 0.2) is 11.6 Å². The van der Waals surface area contributed by atoms with E-state index < -0.39 is 10.4 Å². The van der Waals surface area contributed by atoms with Gasteiger partial charge in [-0.3, -0.25) is 27.8 Å². The molecular formula is C25H32N4O8SV2-2. The molecule has 2 aliphatic carbocycles. The van der Waals surface area contributed by atoms with Crippen molar-refractivity contribution >= 4 is 22.0 Å². The van der Waals surface area contributed by atoms with Gasteiger partial charge >= 0.3 is 42.1 Å². The first kappa shape index (κ1) is 36.0. The molecule has 0 aromatic heterocycles. The second kappa shape index (κ2) is 18.4. The van der Waals surface area contributed by atoms with E-state index in [1.165, 1.54) is 0 Å². The Hall–Kier alpha value is -2.06. The van der Waals surface area contributed by atoms with E-state index in [2.05, 4.69) is 20.4 Å². The number of fused-ring (bicyclic) bond motifs is 8. The predicted molar refractivity (Wildman–Crippen MR) is 135 cm³/mol. The van der Waals surface area contributed by atoms with Crippen LogP contribution in [0.25, 0.3) is 0 Å². The van der Waals surface area contributed by atoms with Crippen molar-refractivity contribution in [2.45, 2.75) is 20.3 Å². The van der Waals surface area contributed by atoms with Crippen LogP contribution in [0.3, 0.4) is 0 Å². The molecule has 40 heavy (non-hydrogen) atoms. The molecule has 15 heteroatoms. The first-order valence-corrected chi connectivity index (χ1v) is 14.7. The van der Waals surface area contributed by atoms with Crippen LogP contribution in [-0.4, -0.2) is 91.2 Å². The number of hydrogen-bond donors (Lipinski definition) is 2. The van der Waals surface area contributed by atoms with Crippen molar-refractivity contribution in [3.8, 4) is 0 Å². The summed E-state index contributed by atoms with van der Waals surface area (Å²) < 4.78 is 50.5. The Morgan fingerprint density at radius 3 is 1.35 bits per heavy atom. The minimum atomic E-state index is -5.17. The van der Waals surface area contributed by atoms with E-state index >= 15 is 0 Å². The molecule has 0 spiro atoms. The van der Waals surface area contributed by atoms with Gasteiger partial charge in [-0.1, -0.05) is 12.2 Å². The van der Waals surface area contributed by atoms with E-state index in [0.717, 1.165) is 114 Å². The first-order chi connectivity index (χ1) is 19.0. The maximum absolute atomic E-state index is 12.9. The zero-order valence-electron chi connectivity index (χ0n) is 22.3. The monoisotopic (exact) mass is 650 g/mol. The van der Waals surface area contributed by atoms with Crippen LogP contribution >= 0.6 is 0 Å².